The van der Waals surface area contributed by atoms with Gasteiger partial charge in [0.2, 0.25) is 5.91 Å². The topological polar surface area (TPSA) is 41.1 Å². The van der Waals surface area contributed by atoms with E-state index in [9.17, 15) is 4.79 Å². The second kappa shape index (κ2) is 5.85. The Labute approximate surface area is 105 Å². The van der Waals surface area contributed by atoms with Gasteiger partial charge in [-0.25, -0.2) is 0 Å². The molecule has 1 heterocycles. The van der Waals surface area contributed by atoms with E-state index >= 15 is 0 Å². The van der Waals surface area contributed by atoms with Crippen LogP contribution in [0, 0.1) is 11.8 Å². The van der Waals surface area contributed by atoms with E-state index in [0.29, 0.717) is 18.5 Å². The van der Waals surface area contributed by atoms with E-state index in [2.05, 4.69) is 24.5 Å². The van der Waals surface area contributed by atoms with Gasteiger partial charge in [-0.15, -0.1) is 0 Å². The van der Waals surface area contributed by atoms with Crippen LogP contribution < -0.4 is 10.6 Å². The molecular weight excluding hydrogens is 212 g/mol. The maximum atomic E-state index is 11.5. The first-order valence-electron chi connectivity index (χ1n) is 7.23. The second-order valence-electron chi connectivity index (χ2n) is 5.77. The molecule has 0 aromatic carbocycles. The first kappa shape index (κ1) is 12.9. The van der Waals surface area contributed by atoms with Crippen LogP contribution in [0.3, 0.4) is 0 Å². The van der Waals surface area contributed by atoms with Crippen LogP contribution >= 0.6 is 0 Å². The third-order valence-corrected chi connectivity index (χ3v) is 4.68. The zero-order valence-corrected chi connectivity index (χ0v) is 11.2. The molecule has 1 saturated heterocycles. The monoisotopic (exact) mass is 238 g/mol. The van der Waals surface area contributed by atoms with Crippen molar-refractivity contribution in [3.8, 4) is 0 Å². The number of nitrogens with one attached hydrogen (secondary N) is 2. The summed E-state index contributed by atoms with van der Waals surface area (Å²) in [4.78, 5) is 11.5. The first-order chi connectivity index (χ1) is 8.20. The van der Waals surface area contributed by atoms with Gasteiger partial charge in [0.15, 0.2) is 0 Å². The molecular formula is C14H26N2O. The van der Waals surface area contributed by atoms with E-state index in [-0.39, 0.29) is 5.91 Å². The molecule has 2 rings (SSSR count). The van der Waals surface area contributed by atoms with Crippen LogP contribution in [0.2, 0.25) is 0 Å². The summed E-state index contributed by atoms with van der Waals surface area (Å²) in [6, 6.07) is 1.04. The summed E-state index contributed by atoms with van der Waals surface area (Å²) in [7, 11) is 0. The van der Waals surface area contributed by atoms with Crippen molar-refractivity contribution >= 4 is 5.91 Å². The quantitative estimate of drug-likeness (QED) is 0.790. The van der Waals surface area contributed by atoms with Gasteiger partial charge in [0, 0.05) is 25.0 Å². The Hall–Kier alpha value is -0.570. The number of amides is 1. The van der Waals surface area contributed by atoms with Gasteiger partial charge in [-0.1, -0.05) is 20.3 Å². The Kier molecular flexibility index (Phi) is 4.43. The molecule has 1 amide bonds. The Morgan fingerprint density at radius 2 is 2.18 bits per heavy atom. The average Bonchev–Trinajstić information content (AvgIpc) is 2.53. The van der Waals surface area contributed by atoms with Gasteiger partial charge in [-0.05, 0) is 37.5 Å². The smallest absolute Gasteiger partial charge is 0.221 e. The zero-order chi connectivity index (χ0) is 12.3. The molecule has 2 N–H and O–H groups in total. The summed E-state index contributed by atoms with van der Waals surface area (Å²) in [6.45, 7) is 5.52. The van der Waals surface area contributed by atoms with Gasteiger partial charge in [0.1, 0.15) is 0 Å². The van der Waals surface area contributed by atoms with Crippen molar-refractivity contribution in [2.75, 3.05) is 6.54 Å². The summed E-state index contributed by atoms with van der Waals surface area (Å²) in [5.74, 6) is 1.87. The van der Waals surface area contributed by atoms with Gasteiger partial charge in [-0.3, -0.25) is 4.79 Å². The molecule has 2 aliphatic rings. The van der Waals surface area contributed by atoms with Crippen molar-refractivity contribution in [2.24, 2.45) is 11.8 Å². The average molecular weight is 238 g/mol. The third-order valence-electron chi connectivity index (χ3n) is 4.68. The van der Waals surface area contributed by atoms with Gasteiger partial charge in [0.25, 0.3) is 0 Å². The van der Waals surface area contributed by atoms with Crippen molar-refractivity contribution in [2.45, 2.75) is 64.5 Å². The first-order valence-corrected chi connectivity index (χ1v) is 7.23. The molecule has 1 aliphatic heterocycles. The summed E-state index contributed by atoms with van der Waals surface area (Å²) in [5, 5.41) is 6.69. The Morgan fingerprint density at radius 1 is 1.35 bits per heavy atom. The molecule has 98 valence electrons. The minimum Gasteiger partial charge on any atom is -0.356 e. The van der Waals surface area contributed by atoms with Crippen molar-refractivity contribution in [1.29, 1.82) is 0 Å². The maximum Gasteiger partial charge on any atom is 0.221 e. The molecule has 0 radical (unpaired) electrons. The van der Waals surface area contributed by atoms with Crippen LogP contribution in [0.1, 0.15) is 52.4 Å². The standard InChI is InChI=1S/C14H26N2O/c1-3-11-6-7-13(10(11)2)16-12-5-4-8-15-14(17)9-12/h10-13,16H,3-9H2,1-2H3,(H,15,17). The third kappa shape index (κ3) is 3.21. The summed E-state index contributed by atoms with van der Waals surface area (Å²) < 4.78 is 0. The molecule has 3 heteroatoms. The number of carbonyl (C=O) groups is 1. The number of carbonyl (C=O) groups excluding carboxylic acids is 1. The van der Waals surface area contributed by atoms with E-state index in [4.69, 9.17) is 0 Å². The highest BCUT2D eigenvalue weighted by Crippen LogP contribution is 2.34. The van der Waals surface area contributed by atoms with Gasteiger partial charge < -0.3 is 10.6 Å². The molecule has 1 aliphatic carbocycles. The molecule has 1 saturated carbocycles. The molecule has 2 fully saturated rings. The van der Waals surface area contributed by atoms with Crippen molar-refractivity contribution < 1.29 is 4.79 Å². The van der Waals surface area contributed by atoms with Crippen LogP contribution in [0.5, 0.6) is 0 Å². The minimum absolute atomic E-state index is 0.220. The molecule has 4 atom stereocenters. The number of rotatable bonds is 3. The lowest BCUT2D eigenvalue weighted by atomic mass is 9.93. The van der Waals surface area contributed by atoms with Crippen molar-refractivity contribution in [3.63, 3.8) is 0 Å². The van der Waals surface area contributed by atoms with Gasteiger partial charge >= 0.3 is 0 Å². The predicted molar refractivity (Wildman–Crippen MR) is 69.8 cm³/mol. The zero-order valence-electron chi connectivity index (χ0n) is 11.2. The number of hydrogen-bond acceptors (Lipinski definition) is 2. The minimum atomic E-state index is 0.220. The Bertz CT molecular complexity index is 267. The Balaban J connectivity index is 1.85. The summed E-state index contributed by atoms with van der Waals surface area (Å²) >= 11 is 0. The van der Waals surface area contributed by atoms with Crippen LogP contribution in [-0.2, 0) is 4.79 Å². The maximum absolute atomic E-state index is 11.5. The fraction of sp³-hybridized carbons (Fsp3) is 0.929. The van der Waals surface area contributed by atoms with Crippen molar-refractivity contribution in [1.82, 2.24) is 10.6 Å². The largest absolute Gasteiger partial charge is 0.356 e. The van der Waals surface area contributed by atoms with E-state index in [0.717, 1.165) is 31.2 Å². The van der Waals surface area contributed by atoms with Crippen LogP contribution in [0.15, 0.2) is 0 Å². The summed E-state index contributed by atoms with van der Waals surface area (Å²) in [5.41, 5.74) is 0. The van der Waals surface area contributed by atoms with Crippen LogP contribution in [0.4, 0.5) is 0 Å². The van der Waals surface area contributed by atoms with E-state index in [1.807, 2.05) is 0 Å². The normalized spacial score (nSPS) is 38.8. The Morgan fingerprint density at radius 3 is 2.88 bits per heavy atom. The van der Waals surface area contributed by atoms with Crippen molar-refractivity contribution in [3.05, 3.63) is 0 Å². The highest BCUT2D eigenvalue weighted by molar-refractivity contribution is 5.76. The predicted octanol–water partition coefficient (Wildman–Crippen LogP) is 2.07. The highest BCUT2D eigenvalue weighted by atomic mass is 16.1. The summed E-state index contributed by atoms with van der Waals surface area (Å²) in [6.07, 6.45) is 6.86. The van der Waals surface area contributed by atoms with Crippen LogP contribution in [-0.4, -0.2) is 24.5 Å². The fourth-order valence-corrected chi connectivity index (χ4v) is 3.48. The second-order valence-corrected chi connectivity index (χ2v) is 5.77. The molecule has 17 heavy (non-hydrogen) atoms. The molecule has 0 bridgehead atoms. The van der Waals surface area contributed by atoms with E-state index in [1.165, 1.54) is 19.3 Å². The molecule has 0 aromatic rings. The SMILES string of the molecule is CCC1CCC(NC2CCCNC(=O)C2)C1C. The van der Waals surface area contributed by atoms with E-state index in [1.54, 1.807) is 0 Å². The molecule has 0 aromatic heterocycles. The lowest BCUT2D eigenvalue weighted by Crippen LogP contribution is -2.41. The molecule has 4 unspecified atom stereocenters. The lowest BCUT2D eigenvalue weighted by molar-refractivity contribution is -0.121. The molecule has 0 spiro atoms. The molecule has 3 nitrogen and oxygen atoms in total. The van der Waals surface area contributed by atoms with Gasteiger partial charge in [-0.2, -0.15) is 0 Å². The van der Waals surface area contributed by atoms with Crippen LogP contribution in [0.25, 0.3) is 0 Å². The lowest BCUT2D eigenvalue weighted by Gasteiger charge is -2.25. The highest BCUT2D eigenvalue weighted by Gasteiger charge is 2.33. The van der Waals surface area contributed by atoms with E-state index < -0.39 is 0 Å². The fourth-order valence-electron chi connectivity index (χ4n) is 3.48. The van der Waals surface area contributed by atoms with Gasteiger partial charge in [0.05, 0.1) is 0 Å². The number of hydrogen-bond donors (Lipinski definition) is 2.